The molecule has 3 fully saturated rings. The average Bonchev–Trinajstić information content (AvgIpc) is 0.782. The molecule has 0 aromatic rings. The molecular weight excluding hydrogens is 1420 g/mol. The van der Waals surface area contributed by atoms with Gasteiger partial charge in [-0.25, -0.2) is 0 Å². The molecule has 0 radical (unpaired) electrons. The fourth-order valence-electron chi connectivity index (χ4n) is 15.7. The molecule has 3 aliphatic heterocycles. The quantitative estimate of drug-likeness (QED) is 0.0199. The third kappa shape index (κ3) is 50.4. The second-order valence-electron chi connectivity index (χ2n) is 33.1. The minimum absolute atomic E-state index is 0.246. The average molecular weight is 1590 g/mol. The van der Waals surface area contributed by atoms with Crippen LogP contribution in [0.3, 0.4) is 0 Å². The molecule has 3 aliphatic rings. The molecule has 0 aliphatic carbocycles. The molecular formula is C93H171NO18. The minimum Gasteiger partial charge on any atom is -0.394 e. The molecule has 17 unspecified atom stereocenters. The normalized spacial score (nSPS) is 25.2. The van der Waals surface area contributed by atoms with Crippen molar-refractivity contribution in [1.29, 1.82) is 0 Å². The first kappa shape index (κ1) is 104. The van der Waals surface area contributed by atoms with Gasteiger partial charge in [-0.05, 0) is 57.8 Å². The Bertz CT molecular complexity index is 2250. The van der Waals surface area contributed by atoms with Crippen molar-refractivity contribution in [1.82, 2.24) is 5.32 Å². The van der Waals surface area contributed by atoms with Crippen LogP contribution >= 0.6 is 0 Å². The number of carbonyl (C=O) groups excluding carboxylic acids is 1. The van der Waals surface area contributed by atoms with E-state index in [-0.39, 0.29) is 18.9 Å². The number of ether oxygens (including phenoxy) is 6. The van der Waals surface area contributed by atoms with Gasteiger partial charge >= 0.3 is 0 Å². The van der Waals surface area contributed by atoms with Crippen LogP contribution in [0.5, 0.6) is 0 Å². The number of carbonyl (C=O) groups is 1. The fourth-order valence-corrected chi connectivity index (χ4v) is 15.7. The van der Waals surface area contributed by atoms with Gasteiger partial charge in [0.15, 0.2) is 18.9 Å². The van der Waals surface area contributed by atoms with Gasteiger partial charge in [0, 0.05) is 6.42 Å². The summed E-state index contributed by atoms with van der Waals surface area (Å²) in [6.07, 6.45) is 69.5. The second-order valence-corrected chi connectivity index (χ2v) is 33.1. The highest BCUT2D eigenvalue weighted by Gasteiger charge is 2.54. The van der Waals surface area contributed by atoms with E-state index in [4.69, 9.17) is 28.4 Å². The smallest absolute Gasteiger partial charge is 0.220 e. The molecule has 3 saturated heterocycles. The predicted octanol–water partition coefficient (Wildman–Crippen LogP) is 18.1. The van der Waals surface area contributed by atoms with Crippen LogP contribution in [0.1, 0.15) is 393 Å². The van der Waals surface area contributed by atoms with Crippen LogP contribution in [0.4, 0.5) is 0 Å². The maximum Gasteiger partial charge on any atom is 0.220 e. The maximum atomic E-state index is 13.5. The number of aliphatic hydroxyl groups excluding tert-OH is 11. The summed E-state index contributed by atoms with van der Waals surface area (Å²) in [7, 11) is 0. The first-order valence-corrected chi connectivity index (χ1v) is 46.5. The Hall–Kier alpha value is -2.51. The van der Waals surface area contributed by atoms with E-state index in [2.05, 4.69) is 67.8 Å². The second kappa shape index (κ2) is 72.5. The van der Waals surface area contributed by atoms with E-state index in [0.29, 0.717) is 6.42 Å². The van der Waals surface area contributed by atoms with Crippen LogP contribution in [0.2, 0.25) is 0 Å². The van der Waals surface area contributed by atoms with Gasteiger partial charge in [0.1, 0.15) is 73.2 Å². The first-order valence-electron chi connectivity index (χ1n) is 46.5. The van der Waals surface area contributed by atoms with Gasteiger partial charge in [-0.3, -0.25) is 4.79 Å². The molecule has 3 rings (SSSR count). The summed E-state index contributed by atoms with van der Waals surface area (Å²) in [6.45, 7) is 1.69. The van der Waals surface area contributed by atoms with Crippen LogP contribution in [-0.4, -0.2) is 193 Å². The lowest BCUT2D eigenvalue weighted by molar-refractivity contribution is -0.379. The Morgan fingerprint density at radius 3 is 0.964 bits per heavy atom. The Balaban J connectivity index is 1.31. The summed E-state index contributed by atoms with van der Waals surface area (Å²) in [4.78, 5) is 13.5. The molecule has 1 amide bonds. The first-order chi connectivity index (χ1) is 54.8. The Morgan fingerprint density at radius 2 is 0.616 bits per heavy atom. The molecule has 0 saturated carbocycles. The zero-order chi connectivity index (χ0) is 81.0. The number of unbranched alkanes of at least 4 members (excludes halogenated alkanes) is 52. The van der Waals surface area contributed by atoms with Crippen LogP contribution < -0.4 is 5.32 Å². The van der Waals surface area contributed by atoms with Gasteiger partial charge in [-0.15, -0.1) is 0 Å². The number of amides is 1. The van der Waals surface area contributed by atoms with Gasteiger partial charge in [0.05, 0.1) is 38.6 Å². The molecule has 0 spiro atoms. The van der Waals surface area contributed by atoms with E-state index in [1.54, 1.807) is 6.08 Å². The zero-order valence-corrected chi connectivity index (χ0v) is 70.9. The molecule has 0 aromatic carbocycles. The third-order valence-electron chi connectivity index (χ3n) is 23.1. The van der Waals surface area contributed by atoms with Crippen LogP contribution in [-0.2, 0) is 33.2 Å². The molecule has 19 nitrogen and oxygen atoms in total. The van der Waals surface area contributed by atoms with Gasteiger partial charge < -0.3 is 89.9 Å². The molecule has 112 heavy (non-hydrogen) atoms. The SMILES string of the molecule is CC/C=C\C/C=C\C/C=C\C/C=C\CCCCCCCCCCCCCCCCCCCCCCCCC(=O)NC(COC1OC(CO)C(OC2OC(CO)C(OC3OC(CO)C(O)C(O)C3O)C(O)C2O)C(O)C1O)C(O)/C=C/CCCCCCCCCCCCCCCCCCCCCCCCCCCCCCCC. The molecule has 19 heteroatoms. The molecule has 12 N–H and O–H groups in total. The van der Waals surface area contributed by atoms with Crippen molar-refractivity contribution in [3.8, 4) is 0 Å². The van der Waals surface area contributed by atoms with Crippen LogP contribution in [0, 0.1) is 0 Å². The highest BCUT2D eigenvalue weighted by Crippen LogP contribution is 2.34. The topological polar surface area (TPSA) is 307 Å². The number of nitrogens with one attached hydrogen (secondary N) is 1. The minimum atomic E-state index is -1.98. The number of hydrogen-bond donors (Lipinski definition) is 12. The van der Waals surface area contributed by atoms with Gasteiger partial charge in [0.2, 0.25) is 5.91 Å². The monoisotopic (exact) mass is 1590 g/mol. The maximum absolute atomic E-state index is 13.5. The number of allylic oxidation sites excluding steroid dienone is 9. The number of rotatable bonds is 76. The lowest BCUT2D eigenvalue weighted by atomic mass is 9.96. The van der Waals surface area contributed by atoms with Crippen molar-refractivity contribution in [2.24, 2.45) is 0 Å². The lowest BCUT2D eigenvalue weighted by Gasteiger charge is -2.48. The highest BCUT2D eigenvalue weighted by molar-refractivity contribution is 5.76. The van der Waals surface area contributed by atoms with E-state index in [9.17, 15) is 61.0 Å². The molecule has 3 heterocycles. The Labute approximate surface area is 681 Å². The highest BCUT2D eigenvalue weighted by atomic mass is 16.8. The van der Waals surface area contributed by atoms with E-state index in [0.717, 1.165) is 70.6 Å². The Kier molecular flexibility index (Phi) is 67.1. The number of aliphatic hydroxyl groups is 11. The van der Waals surface area contributed by atoms with Crippen LogP contribution in [0.15, 0.2) is 60.8 Å². The molecule has 0 bridgehead atoms. The zero-order valence-electron chi connectivity index (χ0n) is 70.9. The largest absolute Gasteiger partial charge is 0.394 e. The van der Waals surface area contributed by atoms with Crippen molar-refractivity contribution in [2.45, 2.75) is 497 Å². The van der Waals surface area contributed by atoms with Crippen molar-refractivity contribution in [3.63, 3.8) is 0 Å². The summed E-state index contributed by atoms with van der Waals surface area (Å²) in [5.74, 6) is -0.268. The predicted molar refractivity (Wildman–Crippen MR) is 452 cm³/mol. The summed E-state index contributed by atoms with van der Waals surface area (Å²) >= 11 is 0. The van der Waals surface area contributed by atoms with Gasteiger partial charge in [-0.2, -0.15) is 0 Å². The lowest BCUT2D eigenvalue weighted by Crippen LogP contribution is -2.66. The molecule has 0 aromatic heterocycles. The third-order valence-corrected chi connectivity index (χ3v) is 23.1. The van der Waals surface area contributed by atoms with Gasteiger partial charge in [0.25, 0.3) is 0 Å². The van der Waals surface area contributed by atoms with Crippen molar-refractivity contribution in [3.05, 3.63) is 60.8 Å². The fraction of sp³-hybridized carbons (Fsp3) is 0.882. The Morgan fingerprint density at radius 1 is 0.330 bits per heavy atom. The van der Waals surface area contributed by atoms with Gasteiger partial charge in [-0.1, -0.05) is 389 Å². The number of hydrogen-bond acceptors (Lipinski definition) is 18. The summed E-state index contributed by atoms with van der Waals surface area (Å²) < 4.78 is 34.6. The van der Waals surface area contributed by atoms with E-state index in [1.165, 1.54) is 295 Å². The van der Waals surface area contributed by atoms with Crippen molar-refractivity contribution >= 4 is 5.91 Å². The summed E-state index contributed by atoms with van der Waals surface area (Å²) in [5, 5.41) is 121. The van der Waals surface area contributed by atoms with E-state index in [1.807, 2.05) is 6.08 Å². The van der Waals surface area contributed by atoms with E-state index < -0.39 is 124 Å². The van der Waals surface area contributed by atoms with Crippen LogP contribution in [0.25, 0.3) is 0 Å². The summed E-state index contributed by atoms with van der Waals surface area (Å²) in [6, 6.07) is -0.976. The summed E-state index contributed by atoms with van der Waals surface area (Å²) in [5.41, 5.74) is 0. The van der Waals surface area contributed by atoms with Crippen molar-refractivity contribution in [2.75, 3.05) is 26.4 Å². The molecule has 17 atom stereocenters. The van der Waals surface area contributed by atoms with E-state index >= 15 is 0 Å². The standard InChI is InChI=1S/C93H171NO18/c1-3-5-7-9-11-13-15-17-19-21-23-25-27-29-31-33-35-37-38-39-41-43-45-47-49-51-53-55-57-59-61-63-65-67-69-71-81(99)94-76(77(98)70-68-66-64-62-60-58-56-54-52-50-48-46-44-42-40-36-34-32-30-28-26-24-22-20-18-16-14-12-10-8-6-4-2)75-107-91-87(105)84(102)89(79(73-96)109-91)112-93-88(106)85(103)90(80(74-97)110-93)111-92-86(104)83(101)82(100)78(72-95)108-92/h5,7,11,13,17,19,23,25,68,70,76-80,82-93,95-98,100-106H,3-4,6,8-10,12,14-16,18,20-22,24,26-67,69,71-75H2,1-2H3,(H,94,99)/b7-5-,13-11-,19-17-,25-23-,70-68+. The molecule has 656 valence electrons. The van der Waals surface area contributed by atoms with Crippen molar-refractivity contribution < 1.29 is 89.4 Å².